The number of nitrogens with one attached hydrogen (secondary N) is 1. The molecule has 0 aliphatic carbocycles. The van der Waals surface area contributed by atoms with Gasteiger partial charge < -0.3 is 19.0 Å². The van der Waals surface area contributed by atoms with Gasteiger partial charge in [-0.15, -0.1) is 0 Å². The number of nitrogens with zero attached hydrogens (tertiary/aromatic N) is 3. The molecule has 2 aromatic heterocycles. The average Bonchev–Trinajstić information content (AvgIpc) is 3.36. The van der Waals surface area contributed by atoms with Gasteiger partial charge in [-0.1, -0.05) is 35.5 Å². The lowest BCUT2D eigenvalue weighted by Crippen LogP contribution is -2.35. The molecule has 9 nitrogen and oxygen atoms in total. The van der Waals surface area contributed by atoms with Gasteiger partial charge in [-0.25, -0.2) is 4.79 Å². The highest BCUT2D eigenvalue weighted by molar-refractivity contribution is 5.81. The standard InChI is InChI=1S/C19H14N4O5/c24-18-12-8-14-15(27-10-26-14)9-13(12)20-19(25)23(18)7-6-16-21-17(22-28-16)11-4-2-1-3-5-11/h1-5,8-9H,6-7,10H2,(H,20,25). The van der Waals surface area contributed by atoms with E-state index in [4.69, 9.17) is 14.0 Å². The fourth-order valence-electron chi connectivity index (χ4n) is 3.11. The van der Waals surface area contributed by atoms with Gasteiger partial charge in [-0.3, -0.25) is 9.36 Å². The van der Waals surface area contributed by atoms with E-state index >= 15 is 0 Å². The molecule has 0 saturated carbocycles. The molecule has 9 heteroatoms. The van der Waals surface area contributed by atoms with Crippen molar-refractivity contribution in [2.45, 2.75) is 13.0 Å². The summed E-state index contributed by atoms with van der Waals surface area (Å²) >= 11 is 0. The summed E-state index contributed by atoms with van der Waals surface area (Å²) in [5.41, 5.74) is 0.299. The molecule has 0 atom stereocenters. The van der Waals surface area contributed by atoms with Crippen LogP contribution >= 0.6 is 0 Å². The second kappa shape index (κ2) is 6.38. The fraction of sp³-hybridized carbons (Fsp3) is 0.158. The summed E-state index contributed by atoms with van der Waals surface area (Å²) in [6, 6.07) is 12.6. The van der Waals surface area contributed by atoms with Crippen molar-refractivity contribution in [2.24, 2.45) is 0 Å². The average molecular weight is 378 g/mol. The van der Waals surface area contributed by atoms with Crippen molar-refractivity contribution in [1.29, 1.82) is 0 Å². The van der Waals surface area contributed by atoms with E-state index < -0.39 is 11.2 Å². The summed E-state index contributed by atoms with van der Waals surface area (Å²) in [4.78, 5) is 32.2. The Bertz CT molecular complexity index is 1290. The predicted molar refractivity (Wildman–Crippen MR) is 98.4 cm³/mol. The van der Waals surface area contributed by atoms with Crippen LogP contribution in [0.5, 0.6) is 11.5 Å². The molecule has 5 rings (SSSR count). The summed E-state index contributed by atoms with van der Waals surface area (Å²) in [5.74, 6) is 1.78. The number of hydrogen-bond donors (Lipinski definition) is 1. The van der Waals surface area contributed by atoms with Crippen molar-refractivity contribution in [3.63, 3.8) is 0 Å². The van der Waals surface area contributed by atoms with Crippen LogP contribution in [0.1, 0.15) is 5.89 Å². The number of ether oxygens (including phenoxy) is 2. The van der Waals surface area contributed by atoms with Gasteiger partial charge >= 0.3 is 5.69 Å². The molecule has 1 aliphatic heterocycles. The smallest absolute Gasteiger partial charge is 0.328 e. The third kappa shape index (κ3) is 2.73. The lowest BCUT2D eigenvalue weighted by atomic mass is 10.2. The second-order valence-electron chi connectivity index (χ2n) is 6.27. The summed E-state index contributed by atoms with van der Waals surface area (Å²) in [5, 5.41) is 4.29. The van der Waals surface area contributed by atoms with Crippen molar-refractivity contribution >= 4 is 10.9 Å². The molecule has 0 saturated heterocycles. The van der Waals surface area contributed by atoms with Crippen molar-refractivity contribution in [1.82, 2.24) is 19.7 Å². The van der Waals surface area contributed by atoms with Gasteiger partial charge in [-0.05, 0) is 6.07 Å². The molecular weight excluding hydrogens is 364 g/mol. The highest BCUT2D eigenvalue weighted by Gasteiger charge is 2.18. The van der Waals surface area contributed by atoms with Crippen LogP contribution in [-0.4, -0.2) is 26.5 Å². The van der Waals surface area contributed by atoms with Crippen LogP contribution in [0.2, 0.25) is 0 Å². The quantitative estimate of drug-likeness (QED) is 0.575. The van der Waals surface area contributed by atoms with Gasteiger partial charge in [0.25, 0.3) is 5.56 Å². The maximum Gasteiger partial charge on any atom is 0.328 e. The van der Waals surface area contributed by atoms with E-state index in [0.29, 0.717) is 34.1 Å². The normalized spacial score (nSPS) is 12.6. The van der Waals surface area contributed by atoms with Crippen LogP contribution in [-0.2, 0) is 13.0 Å². The Balaban J connectivity index is 1.44. The number of rotatable bonds is 4. The first-order valence-corrected chi connectivity index (χ1v) is 8.63. The minimum Gasteiger partial charge on any atom is -0.454 e. The molecule has 0 amide bonds. The van der Waals surface area contributed by atoms with Crippen LogP contribution in [0.3, 0.4) is 0 Å². The molecule has 28 heavy (non-hydrogen) atoms. The maximum atomic E-state index is 12.8. The van der Waals surface area contributed by atoms with Gasteiger partial charge in [0.2, 0.25) is 18.5 Å². The zero-order chi connectivity index (χ0) is 19.1. The first-order chi connectivity index (χ1) is 13.7. The first-order valence-electron chi connectivity index (χ1n) is 8.63. The molecule has 1 N–H and O–H groups in total. The van der Waals surface area contributed by atoms with E-state index in [1.54, 1.807) is 12.1 Å². The minimum atomic E-state index is -0.515. The summed E-state index contributed by atoms with van der Waals surface area (Å²) in [6.07, 6.45) is 0.249. The van der Waals surface area contributed by atoms with Crippen LogP contribution < -0.4 is 20.7 Å². The Morgan fingerprint density at radius 2 is 1.86 bits per heavy atom. The number of aryl methyl sites for hydroxylation is 1. The SMILES string of the molecule is O=c1[nH]c2cc3c(cc2c(=O)n1CCc1nc(-c2ccccc2)no1)OCO3. The number of H-pyrrole nitrogens is 1. The van der Waals surface area contributed by atoms with E-state index in [-0.39, 0.29) is 19.8 Å². The molecule has 0 spiro atoms. The van der Waals surface area contributed by atoms with Gasteiger partial charge in [0.1, 0.15) is 0 Å². The van der Waals surface area contributed by atoms with Gasteiger partial charge in [-0.2, -0.15) is 4.98 Å². The monoisotopic (exact) mass is 378 g/mol. The lowest BCUT2D eigenvalue weighted by Gasteiger charge is -2.06. The van der Waals surface area contributed by atoms with Crippen molar-refractivity contribution < 1.29 is 14.0 Å². The van der Waals surface area contributed by atoms with Gasteiger partial charge in [0, 0.05) is 24.6 Å². The summed E-state index contributed by atoms with van der Waals surface area (Å²) < 4.78 is 16.9. The molecule has 0 fully saturated rings. The Morgan fingerprint density at radius 1 is 1.07 bits per heavy atom. The summed E-state index contributed by atoms with van der Waals surface area (Å²) in [6.45, 7) is 0.194. The van der Waals surface area contributed by atoms with Gasteiger partial charge in [0.05, 0.1) is 10.9 Å². The number of aromatic nitrogens is 4. The Kier molecular flexibility index (Phi) is 3.71. The van der Waals surface area contributed by atoms with Crippen LogP contribution in [0, 0.1) is 0 Å². The van der Waals surface area contributed by atoms with Gasteiger partial charge in [0.15, 0.2) is 11.5 Å². The van der Waals surface area contributed by atoms with Crippen LogP contribution in [0.15, 0.2) is 56.6 Å². The second-order valence-corrected chi connectivity index (χ2v) is 6.27. The molecule has 0 bridgehead atoms. The molecule has 3 heterocycles. The molecule has 4 aromatic rings. The highest BCUT2D eigenvalue weighted by atomic mass is 16.7. The zero-order valence-corrected chi connectivity index (χ0v) is 14.5. The van der Waals surface area contributed by atoms with Crippen molar-refractivity contribution in [2.75, 3.05) is 6.79 Å². The number of fused-ring (bicyclic) bond motifs is 2. The number of aromatic amines is 1. The van der Waals surface area contributed by atoms with E-state index in [2.05, 4.69) is 15.1 Å². The fourth-order valence-corrected chi connectivity index (χ4v) is 3.11. The zero-order valence-electron chi connectivity index (χ0n) is 14.5. The molecule has 0 radical (unpaired) electrons. The third-order valence-corrected chi connectivity index (χ3v) is 4.52. The first kappa shape index (κ1) is 16.3. The van der Waals surface area contributed by atoms with E-state index in [0.717, 1.165) is 10.1 Å². The molecule has 140 valence electrons. The Hall–Kier alpha value is -3.88. The Labute approximate surface area is 157 Å². The van der Waals surface area contributed by atoms with Crippen LogP contribution in [0.25, 0.3) is 22.3 Å². The topological polar surface area (TPSA) is 112 Å². The molecule has 1 aliphatic rings. The van der Waals surface area contributed by atoms with E-state index in [1.165, 1.54) is 0 Å². The van der Waals surface area contributed by atoms with Crippen LogP contribution in [0.4, 0.5) is 0 Å². The number of hydrogen-bond acceptors (Lipinski definition) is 7. The van der Waals surface area contributed by atoms with E-state index in [1.807, 2.05) is 30.3 Å². The third-order valence-electron chi connectivity index (χ3n) is 4.52. The van der Waals surface area contributed by atoms with Crippen molar-refractivity contribution in [3.8, 4) is 22.9 Å². The molecular formula is C19H14N4O5. The maximum absolute atomic E-state index is 12.8. The Morgan fingerprint density at radius 3 is 2.68 bits per heavy atom. The highest BCUT2D eigenvalue weighted by Crippen LogP contribution is 2.34. The number of benzene rings is 2. The summed E-state index contributed by atoms with van der Waals surface area (Å²) in [7, 11) is 0. The van der Waals surface area contributed by atoms with E-state index in [9.17, 15) is 9.59 Å². The molecule has 2 aromatic carbocycles. The predicted octanol–water partition coefficient (Wildman–Crippen LogP) is 1.71. The van der Waals surface area contributed by atoms with Crippen molar-refractivity contribution in [3.05, 3.63) is 69.2 Å². The molecule has 0 unspecified atom stereocenters. The lowest BCUT2D eigenvalue weighted by molar-refractivity contribution is 0.174. The minimum absolute atomic E-state index is 0.0883. The largest absolute Gasteiger partial charge is 0.454 e.